The highest BCUT2D eigenvalue weighted by atomic mass is 32.1. The molecule has 3 N–H and O–H groups in total. The maximum absolute atomic E-state index is 14.3. The Morgan fingerprint density at radius 3 is 2.42 bits per heavy atom. The number of aromatic nitrogens is 2. The zero-order valence-corrected chi connectivity index (χ0v) is 24.5. The second kappa shape index (κ2) is 12.3. The number of carbonyl (C=O) groups is 3. The molecule has 40 heavy (non-hydrogen) atoms. The first kappa shape index (κ1) is 29.4. The summed E-state index contributed by atoms with van der Waals surface area (Å²) in [6, 6.07) is 5.46. The summed E-state index contributed by atoms with van der Waals surface area (Å²) in [5.74, 6) is 4.37. The lowest BCUT2D eigenvalue weighted by molar-refractivity contribution is 0.0563. The molecule has 4 rings (SSSR count). The molecule has 3 amide bonds. The zero-order chi connectivity index (χ0) is 29.1. The minimum absolute atomic E-state index is 0.0139. The van der Waals surface area contributed by atoms with Gasteiger partial charge >= 0.3 is 6.03 Å². The number of nitrogens with two attached hydrogens (primary N) is 1. The van der Waals surface area contributed by atoms with Gasteiger partial charge in [-0.1, -0.05) is 45.9 Å². The summed E-state index contributed by atoms with van der Waals surface area (Å²) in [6.07, 6.45) is 5.43. The molecule has 10 nitrogen and oxygen atoms in total. The van der Waals surface area contributed by atoms with E-state index in [9.17, 15) is 19.2 Å². The first-order valence-electron chi connectivity index (χ1n) is 13.7. The van der Waals surface area contributed by atoms with Crippen LogP contribution in [0.3, 0.4) is 0 Å². The van der Waals surface area contributed by atoms with Gasteiger partial charge in [0.15, 0.2) is 5.13 Å². The number of thiazole rings is 1. The second-order valence-electron chi connectivity index (χ2n) is 11.2. The van der Waals surface area contributed by atoms with Crippen molar-refractivity contribution in [3.8, 4) is 0 Å². The second-order valence-corrected chi connectivity index (χ2v) is 12.0. The molecule has 0 bridgehead atoms. The van der Waals surface area contributed by atoms with Crippen LogP contribution < -0.4 is 16.2 Å². The quantitative estimate of drug-likeness (QED) is 0.158. The van der Waals surface area contributed by atoms with Crippen LogP contribution in [-0.2, 0) is 4.79 Å². The van der Waals surface area contributed by atoms with Gasteiger partial charge in [-0.15, -0.1) is 11.3 Å². The number of imide groups is 1. The Bertz CT molecular complexity index is 1410. The highest BCUT2D eigenvalue weighted by Gasteiger charge is 2.38. The molecule has 0 aliphatic heterocycles. The van der Waals surface area contributed by atoms with Crippen LogP contribution in [0.4, 0.5) is 9.93 Å². The van der Waals surface area contributed by atoms with E-state index in [-0.39, 0.29) is 23.7 Å². The van der Waals surface area contributed by atoms with E-state index in [2.05, 4.69) is 29.2 Å². The number of nitrogen functional groups attached to an aromatic ring is 1. The number of benzene rings is 1. The van der Waals surface area contributed by atoms with Crippen molar-refractivity contribution in [3.63, 3.8) is 0 Å². The topological polar surface area (TPSA) is 131 Å². The fourth-order valence-electron chi connectivity index (χ4n) is 5.17. The Morgan fingerprint density at radius 2 is 1.85 bits per heavy atom. The van der Waals surface area contributed by atoms with Crippen LogP contribution in [0.15, 0.2) is 29.6 Å². The van der Waals surface area contributed by atoms with E-state index in [0.717, 1.165) is 40.4 Å². The maximum Gasteiger partial charge on any atom is 0.340 e. The Balaban J connectivity index is 1.80. The number of rotatable bonds is 10. The molecular weight excluding hydrogens is 528 g/mol. The van der Waals surface area contributed by atoms with Gasteiger partial charge in [-0.25, -0.2) is 15.6 Å². The van der Waals surface area contributed by atoms with Gasteiger partial charge in [-0.2, -0.15) is 0 Å². The zero-order valence-electron chi connectivity index (χ0n) is 23.6. The molecule has 1 saturated carbocycles. The van der Waals surface area contributed by atoms with Crippen LogP contribution in [0, 0.1) is 18.8 Å². The van der Waals surface area contributed by atoms with E-state index >= 15 is 0 Å². The van der Waals surface area contributed by atoms with Crippen molar-refractivity contribution in [2.75, 3.05) is 11.4 Å². The number of amides is 3. The number of aryl methyl sites for hydroxylation is 1. The molecule has 1 fully saturated rings. The lowest BCUT2D eigenvalue weighted by atomic mass is 9.91. The molecule has 0 spiro atoms. The SMILES string of the molecule is Cc1c(C(=O)N(C(=O)c2csc(N(CC(C)C)C3CCC3)n2)[C@H]([C]=O)CC(C)C)n(C(=O)NN)c2ccccc12. The van der Waals surface area contributed by atoms with Crippen molar-refractivity contribution >= 4 is 51.5 Å². The molecule has 213 valence electrons. The summed E-state index contributed by atoms with van der Waals surface area (Å²) in [5, 5.41) is 3.01. The van der Waals surface area contributed by atoms with Gasteiger partial charge in [-0.05, 0) is 56.1 Å². The molecule has 3 aromatic rings. The maximum atomic E-state index is 14.3. The fourth-order valence-corrected chi connectivity index (χ4v) is 6.05. The van der Waals surface area contributed by atoms with Crippen molar-refractivity contribution in [3.05, 3.63) is 46.6 Å². The number of anilines is 1. The molecule has 0 saturated heterocycles. The van der Waals surface area contributed by atoms with E-state index in [1.807, 2.05) is 20.1 Å². The number of fused-ring (bicyclic) bond motifs is 1. The van der Waals surface area contributed by atoms with Crippen molar-refractivity contribution in [1.82, 2.24) is 19.9 Å². The molecule has 1 aliphatic rings. The largest absolute Gasteiger partial charge is 0.345 e. The molecule has 1 radical (unpaired) electrons. The standard InChI is InChI=1S/C29H37N6O4S/c1-17(2)13-21(15-36)34(26(37)23-16-40-29(31-23)33(14-18(3)4)20-9-8-10-20)27(38)25-19(5)22-11-6-7-12-24(22)35(25)28(39)32-30/h6-7,11-12,16-18,20-21H,8-10,13-14,30H2,1-5H3,(H,32,39)/t21-/m0/s1. The van der Waals surface area contributed by atoms with Crippen LogP contribution in [0.5, 0.6) is 0 Å². The number of nitrogens with one attached hydrogen (secondary N) is 1. The van der Waals surface area contributed by atoms with Gasteiger partial charge in [0.25, 0.3) is 11.8 Å². The molecule has 2 heterocycles. The third-order valence-electron chi connectivity index (χ3n) is 7.27. The Kier molecular flexibility index (Phi) is 9.05. The summed E-state index contributed by atoms with van der Waals surface area (Å²) in [5.41, 5.74) is 3.06. The van der Waals surface area contributed by atoms with Crippen LogP contribution >= 0.6 is 11.3 Å². The summed E-state index contributed by atoms with van der Waals surface area (Å²) in [6.45, 7) is 10.6. The highest BCUT2D eigenvalue weighted by molar-refractivity contribution is 7.14. The molecule has 1 aromatic carbocycles. The third-order valence-corrected chi connectivity index (χ3v) is 8.15. The number of hydrogen-bond acceptors (Lipinski definition) is 8. The third kappa shape index (κ3) is 5.66. The number of hydrazine groups is 1. The predicted octanol–water partition coefficient (Wildman–Crippen LogP) is 4.66. The van der Waals surface area contributed by atoms with Gasteiger partial charge in [0.1, 0.15) is 17.4 Å². The average molecular weight is 566 g/mol. The first-order chi connectivity index (χ1) is 19.1. The van der Waals surface area contributed by atoms with Crippen molar-refractivity contribution in [2.24, 2.45) is 17.7 Å². The van der Waals surface area contributed by atoms with E-state index in [0.29, 0.717) is 28.4 Å². The molecular formula is C29H37N6O4S. The lowest BCUT2D eigenvalue weighted by Crippen LogP contribution is -2.48. The van der Waals surface area contributed by atoms with E-state index in [1.165, 1.54) is 11.3 Å². The predicted molar refractivity (Wildman–Crippen MR) is 156 cm³/mol. The van der Waals surface area contributed by atoms with Crippen LogP contribution in [0.25, 0.3) is 10.9 Å². The summed E-state index contributed by atoms with van der Waals surface area (Å²) < 4.78 is 1.15. The van der Waals surface area contributed by atoms with Crippen molar-refractivity contribution in [1.29, 1.82) is 0 Å². The highest BCUT2D eigenvalue weighted by Crippen LogP contribution is 2.33. The smallest absolute Gasteiger partial charge is 0.340 e. The summed E-state index contributed by atoms with van der Waals surface area (Å²) in [7, 11) is 0. The monoisotopic (exact) mass is 565 g/mol. The Labute approximate surface area is 238 Å². The molecule has 1 atom stereocenters. The number of nitrogens with zero attached hydrogens (tertiary/aromatic N) is 4. The molecule has 1 aliphatic carbocycles. The number of para-hydroxylation sites is 1. The first-order valence-corrected chi connectivity index (χ1v) is 14.6. The lowest BCUT2D eigenvalue weighted by Gasteiger charge is -2.38. The van der Waals surface area contributed by atoms with Gasteiger partial charge < -0.3 is 4.90 Å². The molecule has 0 unspecified atom stereocenters. The van der Waals surface area contributed by atoms with Crippen molar-refractivity contribution < 1.29 is 19.2 Å². The summed E-state index contributed by atoms with van der Waals surface area (Å²) in [4.78, 5) is 61.3. The van der Waals surface area contributed by atoms with E-state index < -0.39 is 23.9 Å². The molecule has 11 heteroatoms. The van der Waals surface area contributed by atoms with Crippen LogP contribution in [0.1, 0.15) is 79.9 Å². The minimum Gasteiger partial charge on any atom is -0.345 e. The number of hydrogen-bond donors (Lipinski definition) is 2. The van der Waals surface area contributed by atoms with E-state index in [1.54, 1.807) is 36.6 Å². The van der Waals surface area contributed by atoms with Gasteiger partial charge in [0, 0.05) is 23.4 Å². The van der Waals surface area contributed by atoms with E-state index in [4.69, 9.17) is 5.84 Å². The summed E-state index contributed by atoms with van der Waals surface area (Å²) >= 11 is 1.35. The Hall–Kier alpha value is -3.57. The minimum atomic E-state index is -1.17. The average Bonchev–Trinajstić information content (AvgIpc) is 3.49. The fraction of sp³-hybridized carbons (Fsp3) is 0.483. The normalized spacial score (nSPS) is 14.3. The van der Waals surface area contributed by atoms with Crippen LogP contribution in [-0.4, -0.2) is 57.2 Å². The number of carbonyl (C=O) groups excluding carboxylic acids is 4. The molecule has 2 aromatic heterocycles. The van der Waals surface area contributed by atoms with Gasteiger partial charge in [-0.3, -0.25) is 29.3 Å². The van der Waals surface area contributed by atoms with Gasteiger partial charge in [0.05, 0.1) is 5.52 Å². The van der Waals surface area contributed by atoms with Crippen molar-refractivity contribution in [2.45, 2.75) is 72.4 Å². The van der Waals surface area contributed by atoms with Crippen LogP contribution in [0.2, 0.25) is 0 Å². The Morgan fingerprint density at radius 1 is 1.15 bits per heavy atom. The van der Waals surface area contributed by atoms with Gasteiger partial charge in [0.2, 0.25) is 6.29 Å².